The molecule has 3 aromatic rings. The summed E-state index contributed by atoms with van der Waals surface area (Å²) in [6.45, 7) is 4.95. The van der Waals surface area contributed by atoms with Gasteiger partial charge in [-0.3, -0.25) is 0 Å². The van der Waals surface area contributed by atoms with Crippen molar-refractivity contribution in [1.82, 2.24) is 14.5 Å². The fourth-order valence-electron chi connectivity index (χ4n) is 3.81. The van der Waals surface area contributed by atoms with E-state index in [9.17, 15) is 0 Å². The molecule has 2 aromatic heterocycles. The normalized spacial score (nSPS) is 15.6. The van der Waals surface area contributed by atoms with Crippen molar-refractivity contribution in [2.45, 2.75) is 58.5 Å². The second-order valence-electron chi connectivity index (χ2n) is 7.22. The number of aryl methyl sites for hydroxylation is 2. The van der Waals surface area contributed by atoms with Gasteiger partial charge in [0.25, 0.3) is 0 Å². The van der Waals surface area contributed by atoms with E-state index in [1.165, 1.54) is 48.9 Å². The van der Waals surface area contributed by atoms with Gasteiger partial charge in [-0.25, -0.2) is 9.97 Å². The van der Waals surface area contributed by atoms with E-state index in [4.69, 9.17) is 4.98 Å². The first-order chi connectivity index (χ1) is 12.2. The van der Waals surface area contributed by atoms with Crippen molar-refractivity contribution in [3.05, 3.63) is 53.5 Å². The van der Waals surface area contributed by atoms with Crippen molar-refractivity contribution in [2.75, 3.05) is 5.32 Å². The van der Waals surface area contributed by atoms with E-state index in [0.29, 0.717) is 6.04 Å². The van der Waals surface area contributed by atoms with E-state index >= 15 is 0 Å². The van der Waals surface area contributed by atoms with Crippen molar-refractivity contribution < 1.29 is 0 Å². The number of benzene rings is 1. The Hall–Kier alpha value is -2.36. The second kappa shape index (κ2) is 6.87. The van der Waals surface area contributed by atoms with Crippen LogP contribution >= 0.6 is 0 Å². The summed E-state index contributed by atoms with van der Waals surface area (Å²) < 4.78 is 2.20. The van der Waals surface area contributed by atoms with Crippen LogP contribution in [0.15, 0.2) is 36.5 Å². The summed E-state index contributed by atoms with van der Waals surface area (Å²) in [6, 6.07) is 11.5. The smallest absolute Gasteiger partial charge is 0.160 e. The van der Waals surface area contributed by atoms with Gasteiger partial charge < -0.3 is 9.88 Å². The maximum atomic E-state index is 4.69. The van der Waals surface area contributed by atoms with Gasteiger partial charge in [-0.05, 0) is 56.0 Å². The molecule has 0 saturated heterocycles. The van der Waals surface area contributed by atoms with Crippen LogP contribution in [-0.2, 0) is 6.54 Å². The van der Waals surface area contributed by atoms with Crippen LogP contribution in [-0.4, -0.2) is 20.6 Å². The molecule has 1 fully saturated rings. The molecule has 0 atom stereocenters. The molecule has 1 saturated carbocycles. The molecule has 4 nitrogen and oxygen atoms in total. The van der Waals surface area contributed by atoms with E-state index in [2.05, 4.69) is 53.0 Å². The summed E-state index contributed by atoms with van der Waals surface area (Å²) in [5, 5.41) is 3.68. The van der Waals surface area contributed by atoms with Crippen molar-refractivity contribution >= 4 is 16.9 Å². The Morgan fingerprint density at radius 3 is 2.56 bits per heavy atom. The number of rotatable bonds is 4. The molecule has 25 heavy (non-hydrogen) atoms. The van der Waals surface area contributed by atoms with E-state index in [0.717, 1.165) is 23.5 Å². The van der Waals surface area contributed by atoms with Gasteiger partial charge in [0.2, 0.25) is 0 Å². The molecule has 4 heteroatoms. The van der Waals surface area contributed by atoms with Crippen molar-refractivity contribution in [2.24, 2.45) is 0 Å². The third kappa shape index (κ3) is 3.39. The number of nitrogens with one attached hydrogen (secondary N) is 1. The fourth-order valence-corrected chi connectivity index (χ4v) is 3.81. The summed E-state index contributed by atoms with van der Waals surface area (Å²) in [7, 11) is 0. The zero-order valence-electron chi connectivity index (χ0n) is 15.1. The average molecular weight is 334 g/mol. The molecule has 1 aliphatic carbocycles. The molecule has 1 aliphatic rings. The number of hydrogen-bond donors (Lipinski definition) is 1. The Labute approximate surface area is 149 Å². The Morgan fingerprint density at radius 2 is 1.80 bits per heavy atom. The predicted octanol–water partition coefficient (Wildman–Crippen LogP) is 4.84. The molecule has 0 radical (unpaired) electrons. The van der Waals surface area contributed by atoms with Crippen LogP contribution in [0.5, 0.6) is 0 Å². The highest BCUT2D eigenvalue weighted by Crippen LogP contribution is 2.23. The quantitative estimate of drug-likeness (QED) is 0.742. The summed E-state index contributed by atoms with van der Waals surface area (Å²) in [5.74, 6) is 1.02. The van der Waals surface area contributed by atoms with Gasteiger partial charge in [0.15, 0.2) is 5.65 Å². The van der Waals surface area contributed by atoms with Gasteiger partial charge in [0.1, 0.15) is 11.3 Å². The van der Waals surface area contributed by atoms with Crippen LogP contribution < -0.4 is 5.32 Å². The number of imidazole rings is 1. The number of pyridine rings is 1. The molecular formula is C21H26N4. The van der Waals surface area contributed by atoms with Crippen LogP contribution in [0.25, 0.3) is 11.2 Å². The first-order valence-corrected chi connectivity index (χ1v) is 9.34. The maximum absolute atomic E-state index is 4.69. The number of aromatic nitrogens is 3. The third-order valence-electron chi connectivity index (χ3n) is 5.30. The van der Waals surface area contributed by atoms with Gasteiger partial charge in [-0.2, -0.15) is 0 Å². The highest BCUT2D eigenvalue weighted by atomic mass is 15.1. The molecule has 130 valence electrons. The van der Waals surface area contributed by atoms with E-state index in [-0.39, 0.29) is 0 Å². The van der Waals surface area contributed by atoms with Gasteiger partial charge in [0.05, 0.1) is 6.54 Å². The molecular weight excluding hydrogens is 308 g/mol. The molecule has 0 amide bonds. The van der Waals surface area contributed by atoms with Crippen molar-refractivity contribution in [1.29, 1.82) is 0 Å². The summed E-state index contributed by atoms with van der Waals surface area (Å²) in [4.78, 5) is 9.23. The lowest BCUT2D eigenvalue weighted by Crippen LogP contribution is -2.22. The largest absolute Gasteiger partial charge is 0.382 e. The average Bonchev–Trinajstić information content (AvgIpc) is 2.95. The van der Waals surface area contributed by atoms with Crippen LogP contribution in [0.4, 0.5) is 5.69 Å². The minimum absolute atomic E-state index is 0.645. The summed E-state index contributed by atoms with van der Waals surface area (Å²) in [6.07, 6.45) is 8.57. The molecule has 0 bridgehead atoms. The fraction of sp³-hybridized carbons (Fsp3) is 0.429. The Kier molecular flexibility index (Phi) is 4.43. The SMILES string of the molecule is Cc1ccnc2c1nc(C)n2Cc1ccc(NC2CCCCC2)cc1. The van der Waals surface area contributed by atoms with Gasteiger partial charge >= 0.3 is 0 Å². The zero-order chi connectivity index (χ0) is 17.2. The Bertz CT molecular complexity index is 857. The lowest BCUT2D eigenvalue weighted by molar-refractivity contribution is 0.463. The molecule has 4 rings (SSSR count). The standard InChI is InChI=1S/C21H26N4/c1-15-12-13-22-21-20(15)23-16(2)25(21)14-17-8-10-19(11-9-17)24-18-6-4-3-5-7-18/h8-13,18,24H,3-7,14H2,1-2H3. The molecule has 0 spiro atoms. The first-order valence-electron chi connectivity index (χ1n) is 9.34. The highest BCUT2D eigenvalue weighted by Gasteiger charge is 2.13. The van der Waals surface area contributed by atoms with Crippen LogP contribution in [0.2, 0.25) is 0 Å². The molecule has 2 heterocycles. The van der Waals surface area contributed by atoms with Crippen molar-refractivity contribution in [3.8, 4) is 0 Å². The maximum Gasteiger partial charge on any atom is 0.160 e. The van der Waals surface area contributed by atoms with E-state index < -0.39 is 0 Å². The van der Waals surface area contributed by atoms with Gasteiger partial charge in [-0.15, -0.1) is 0 Å². The number of fused-ring (bicyclic) bond motifs is 1. The number of hydrogen-bond acceptors (Lipinski definition) is 3. The van der Waals surface area contributed by atoms with Gasteiger partial charge in [0, 0.05) is 17.9 Å². The monoisotopic (exact) mass is 334 g/mol. The number of nitrogens with zero attached hydrogens (tertiary/aromatic N) is 3. The highest BCUT2D eigenvalue weighted by molar-refractivity contribution is 5.75. The van der Waals surface area contributed by atoms with Gasteiger partial charge in [-0.1, -0.05) is 31.4 Å². The third-order valence-corrected chi connectivity index (χ3v) is 5.30. The van der Waals surface area contributed by atoms with E-state index in [1.54, 1.807) is 0 Å². The Morgan fingerprint density at radius 1 is 1.04 bits per heavy atom. The minimum atomic E-state index is 0.645. The zero-order valence-corrected chi connectivity index (χ0v) is 15.1. The summed E-state index contributed by atoms with van der Waals surface area (Å²) >= 11 is 0. The van der Waals surface area contributed by atoms with Crippen LogP contribution in [0, 0.1) is 13.8 Å². The molecule has 0 aliphatic heterocycles. The molecule has 1 aromatic carbocycles. The topological polar surface area (TPSA) is 42.7 Å². The van der Waals surface area contributed by atoms with Crippen molar-refractivity contribution in [3.63, 3.8) is 0 Å². The lowest BCUT2D eigenvalue weighted by atomic mass is 9.95. The summed E-state index contributed by atoms with van der Waals surface area (Å²) in [5.41, 5.74) is 5.67. The second-order valence-corrected chi connectivity index (χ2v) is 7.22. The van der Waals surface area contributed by atoms with E-state index in [1.807, 2.05) is 12.3 Å². The minimum Gasteiger partial charge on any atom is -0.382 e. The predicted molar refractivity (Wildman–Crippen MR) is 103 cm³/mol. The van der Waals surface area contributed by atoms with Crippen LogP contribution in [0.3, 0.4) is 0 Å². The van der Waals surface area contributed by atoms with Crippen LogP contribution in [0.1, 0.15) is 49.1 Å². The lowest BCUT2D eigenvalue weighted by Gasteiger charge is -2.24. The molecule has 0 unspecified atom stereocenters. The Balaban J connectivity index is 1.51. The molecule has 1 N–H and O–H groups in total. The number of anilines is 1. The first kappa shape index (κ1) is 16.1.